The van der Waals surface area contributed by atoms with Crippen molar-refractivity contribution in [2.24, 2.45) is 5.16 Å². The predicted molar refractivity (Wildman–Crippen MR) is 61.4 cm³/mol. The Morgan fingerprint density at radius 3 is 2.67 bits per heavy atom. The van der Waals surface area contributed by atoms with Crippen molar-refractivity contribution in [1.82, 2.24) is 14.8 Å². The molecule has 1 N–H and O–H groups in total. The fourth-order valence-corrected chi connectivity index (χ4v) is 1.42. The minimum atomic E-state index is -0.489. The third-order valence-electron chi connectivity index (χ3n) is 2.31. The van der Waals surface area contributed by atoms with Crippen LogP contribution in [-0.2, 0) is 6.54 Å². The second-order valence-corrected chi connectivity index (χ2v) is 3.44. The maximum atomic E-state index is 10.5. The SMILES string of the molecule is O=[N+]([O-])c1ccc(/C(Cn2cncn2)=N/O)cc1. The van der Waals surface area contributed by atoms with Crippen LogP contribution in [0.3, 0.4) is 0 Å². The number of benzene rings is 1. The van der Waals surface area contributed by atoms with Gasteiger partial charge in [-0.1, -0.05) is 5.16 Å². The molecule has 18 heavy (non-hydrogen) atoms. The van der Waals surface area contributed by atoms with Gasteiger partial charge in [-0.3, -0.25) is 10.1 Å². The van der Waals surface area contributed by atoms with E-state index in [1.54, 1.807) is 0 Å². The van der Waals surface area contributed by atoms with Crippen LogP contribution in [0.1, 0.15) is 5.56 Å². The molecule has 2 rings (SSSR count). The van der Waals surface area contributed by atoms with E-state index in [0.717, 1.165) is 0 Å². The predicted octanol–water partition coefficient (Wildman–Crippen LogP) is 1.06. The highest BCUT2D eigenvalue weighted by Crippen LogP contribution is 2.13. The van der Waals surface area contributed by atoms with Crippen molar-refractivity contribution in [3.63, 3.8) is 0 Å². The molecule has 0 saturated carbocycles. The summed E-state index contributed by atoms with van der Waals surface area (Å²) in [5.74, 6) is 0. The van der Waals surface area contributed by atoms with E-state index in [1.165, 1.54) is 41.6 Å². The number of hydrogen-bond acceptors (Lipinski definition) is 6. The first-order valence-corrected chi connectivity index (χ1v) is 4.99. The van der Waals surface area contributed by atoms with Gasteiger partial charge in [-0.05, 0) is 12.1 Å². The van der Waals surface area contributed by atoms with Crippen molar-refractivity contribution in [2.75, 3.05) is 0 Å². The van der Waals surface area contributed by atoms with E-state index < -0.39 is 4.92 Å². The standard InChI is InChI=1S/C10H9N5O3/c16-13-10(5-14-7-11-6-12-14)8-1-3-9(4-2-8)15(17)18/h1-4,6-7,16H,5H2/b13-10+. The van der Waals surface area contributed by atoms with E-state index in [0.29, 0.717) is 11.3 Å². The van der Waals surface area contributed by atoms with E-state index in [2.05, 4.69) is 15.2 Å². The molecule has 0 fully saturated rings. The number of nitrogens with zero attached hydrogens (tertiary/aromatic N) is 5. The summed E-state index contributed by atoms with van der Waals surface area (Å²) < 4.78 is 1.48. The lowest BCUT2D eigenvalue weighted by Crippen LogP contribution is -2.12. The van der Waals surface area contributed by atoms with E-state index in [9.17, 15) is 10.1 Å². The molecule has 0 aliphatic carbocycles. The van der Waals surface area contributed by atoms with E-state index >= 15 is 0 Å². The molecule has 0 aliphatic rings. The molecule has 0 amide bonds. The Kier molecular flexibility index (Phi) is 3.28. The topological polar surface area (TPSA) is 106 Å². The van der Waals surface area contributed by atoms with Crippen LogP contribution in [0.4, 0.5) is 5.69 Å². The van der Waals surface area contributed by atoms with Gasteiger partial charge in [0.2, 0.25) is 0 Å². The highest BCUT2D eigenvalue weighted by Gasteiger charge is 2.09. The Labute approximate surface area is 101 Å². The molecule has 0 radical (unpaired) electrons. The maximum Gasteiger partial charge on any atom is 0.269 e. The first kappa shape index (κ1) is 11.7. The fraction of sp³-hybridized carbons (Fsp3) is 0.100. The number of rotatable bonds is 4. The minimum absolute atomic E-state index is 0.0169. The zero-order chi connectivity index (χ0) is 13.0. The van der Waals surface area contributed by atoms with Gasteiger partial charge in [0, 0.05) is 17.7 Å². The van der Waals surface area contributed by atoms with Gasteiger partial charge in [0.1, 0.15) is 18.4 Å². The van der Waals surface area contributed by atoms with Crippen LogP contribution < -0.4 is 0 Å². The third-order valence-corrected chi connectivity index (χ3v) is 2.31. The largest absolute Gasteiger partial charge is 0.411 e. The summed E-state index contributed by atoms with van der Waals surface area (Å²) >= 11 is 0. The van der Waals surface area contributed by atoms with Crippen LogP contribution in [0.2, 0.25) is 0 Å². The van der Waals surface area contributed by atoms with Gasteiger partial charge in [0.25, 0.3) is 5.69 Å². The lowest BCUT2D eigenvalue weighted by atomic mass is 10.1. The molecule has 92 valence electrons. The van der Waals surface area contributed by atoms with Crippen molar-refractivity contribution in [1.29, 1.82) is 0 Å². The van der Waals surface area contributed by atoms with Crippen LogP contribution in [-0.4, -0.2) is 30.6 Å². The smallest absolute Gasteiger partial charge is 0.269 e. The molecule has 2 aromatic rings. The molecule has 1 aromatic carbocycles. The Morgan fingerprint density at radius 2 is 2.17 bits per heavy atom. The Morgan fingerprint density at radius 1 is 1.44 bits per heavy atom. The van der Waals surface area contributed by atoms with Crippen molar-refractivity contribution in [3.8, 4) is 0 Å². The summed E-state index contributed by atoms with van der Waals surface area (Å²) in [6, 6.07) is 5.73. The molecule has 1 aromatic heterocycles. The molecule has 0 atom stereocenters. The van der Waals surface area contributed by atoms with E-state index in [1.807, 2.05) is 0 Å². The third kappa shape index (κ3) is 2.48. The molecular weight excluding hydrogens is 238 g/mol. The summed E-state index contributed by atoms with van der Waals surface area (Å²) in [5.41, 5.74) is 0.908. The molecule has 0 saturated heterocycles. The van der Waals surface area contributed by atoms with Crippen LogP contribution in [0.25, 0.3) is 0 Å². The van der Waals surface area contributed by atoms with Gasteiger partial charge >= 0.3 is 0 Å². The fourth-order valence-electron chi connectivity index (χ4n) is 1.42. The second-order valence-electron chi connectivity index (χ2n) is 3.44. The molecule has 0 spiro atoms. The summed E-state index contributed by atoms with van der Waals surface area (Å²) in [6.45, 7) is 0.230. The molecule has 0 aliphatic heterocycles. The molecule has 1 heterocycles. The minimum Gasteiger partial charge on any atom is -0.411 e. The number of nitro groups is 1. The number of hydrogen-bond donors (Lipinski definition) is 1. The summed E-state index contributed by atoms with van der Waals surface area (Å²) in [4.78, 5) is 13.8. The van der Waals surface area contributed by atoms with E-state index in [-0.39, 0.29) is 12.2 Å². The van der Waals surface area contributed by atoms with Crippen molar-refractivity contribution in [2.45, 2.75) is 6.54 Å². The number of aromatic nitrogens is 3. The number of nitro benzene ring substituents is 1. The van der Waals surface area contributed by atoms with Gasteiger partial charge in [-0.2, -0.15) is 5.10 Å². The summed E-state index contributed by atoms with van der Waals surface area (Å²) in [6.07, 6.45) is 2.85. The zero-order valence-corrected chi connectivity index (χ0v) is 9.17. The first-order valence-electron chi connectivity index (χ1n) is 4.99. The van der Waals surface area contributed by atoms with Gasteiger partial charge in [-0.15, -0.1) is 0 Å². The number of non-ortho nitro benzene ring substituents is 1. The van der Waals surface area contributed by atoms with Crippen LogP contribution in [0.5, 0.6) is 0 Å². The summed E-state index contributed by atoms with van der Waals surface area (Å²) in [7, 11) is 0. The van der Waals surface area contributed by atoms with Gasteiger partial charge < -0.3 is 5.21 Å². The zero-order valence-electron chi connectivity index (χ0n) is 9.17. The van der Waals surface area contributed by atoms with Crippen LogP contribution >= 0.6 is 0 Å². The maximum absolute atomic E-state index is 10.5. The number of oxime groups is 1. The van der Waals surface area contributed by atoms with Crippen LogP contribution in [0, 0.1) is 10.1 Å². The van der Waals surface area contributed by atoms with E-state index in [4.69, 9.17) is 5.21 Å². The molecule has 0 bridgehead atoms. The normalized spacial score (nSPS) is 11.4. The summed E-state index contributed by atoms with van der Waals surface area (Å²) in [5, 5.41) is 26.5. The quantitative estimate of drug-likeness (QED) is 0.376. The van der Waals surface area contributed by atoms with Gasteiger partial charge in [0.15, 0.2) is 0 Å². The molecule has 8 heteroatoms. The first-order chi connectivity index (χ1) is 8.70. The second kappa shape index (κ2) is 5.04. The average Bonchev–Trinajstić information content (AvgIpc) is 2.89. The van der Waals surface area contributed by atoms with Gasteiger partial charge in [0.05, 0.1) is 11.5 Å². The highest BCUT2D eigenvalue weighted by molar-refractivity contribution is 6.00. The molecule has 8 nitrogen and oxygen atoms in total. The highest BCUT2D eigenvalue weighted by atomic mass is 16.6. The monoisotopic (exact) mass is 247 g/mol. The van der Waals surface area contributed by atoms with Crippen molar-refractivity contribution >= 4 is 11.4 Å². The molecular formula is C10H9N5O3. The lowest BCUT2D eigenvalue weighted by Gasteiger charge is -2.04. The molecule has 0 unspecified atom stereocenters. The van der Waals surface area contributed by atoms with Crippen molar-refractivity contribution < 1.29 is 10.1 Å². The Hall–Kier alpha value is -2.77. The average molecular weight is 247 g/mol. The van der Waals surface area contributed by atoms with Gasteiger partial charge in [-0.25, -0.2) is 9.67 Å². The lowest BCUT2D eigenvalue weighted by molar-refractivity contribution is -0.384. The Bertz CT molecular complexity index is 562. The van der Waals surface area contributed by atoms with Crippen LogP contribution in [0.15, 0.2) is 42.1 Å². The Balaban J connectivity index is 2.20. The van der Waals surface area contributed by atoms with Crippen molar-refractivity contribution in [3.05, 3.63) is 52.6 Å².